The van der Waals surface area contributed by atoms with E-state index in [-0.39, 0.29) is 12.5 Å². The van der Waals surface area contributed by atoms with E-state index in [1.54, 1.807) is 23.1 Å². The van der Waals surface area contributed by atoms with Crippen molar-refractivity contribution < 1.29 is 9.53 Å². The van der Waals surface area contributed by atoms with Crippen LogP contribution in [0.3, 0.4) is 0 Å². The molecule has 0 radical (unpaired) electrons. The molecule has 1 atom stereocenters. The molecular weight excluding hydrogens is 220 g/mol. The SMILES string of the molecule is N#CC1CN(C(=O)c2cccc(N)n2)CCO1. The average molecular weight is 232 g/mol. The smallest absolute Gasteiger partial charge is 0.272 e. The number of hydrogen-bond donors (Lipinski definition) is 1. The zero-order valence-corrected chi connectivity index (χ0v) is 9.17. The summed E-state index contributed by atoms with van der Waals surface area (Å²) >= 11 is 0. The van der Waals surface area contributed by atoms with Crippen molar-refractivity contribution in [3.8, 4) is 6.07 Å². The van der Waals surface area contributed by atoms with E-state index in [0.29, 0.717) is 24.7 Å². The van der Waals surface area contributed by atoms with Crippen molar-refractivity contribution in [1.82, 2.24) is 9.88 Å². The molecule has 0 bridgehead atoms. The molecule has 0 saturated carbocycles. The Morgan fingerprint density at radius 1 is 1.65 bits per heavy atom. The van der Waals surface area contributed by atoms with Crippen LogP contribution in [-0.4, -0.2) is 41.6 Å². The average Bonchev–Trinajstić information content (AvgIpc) is 2.38. The highest BCUT2D eigenvalue weighted by atomic mass is 16.5. The Morgan fingerprint density at radius 3 is 3.18 bits per heavy atom. The number of aromatic nitrogens is 1. The van der Waals surface area contributed by atoms with Crippen LogP contribution in [0, 0.1) is 11.3 Å². The maximum absolute atomic E-state index is 12.1. The Balaban J connectivity index is 2.12. The minimum atomic E-state index is -0.561. The minimum absolute atomic E-state index is 0.221. The highest BCUT2D eigenvalue weighted by Gasteiger charge is 2.25. The van der Waals surface area contributed by atoms with Gasteiger partial charge in [0.1, 0.15) is 11.5 Å². The predicted octanol–water partition coefficient (Wildman–Crippen LogP) is 0.0284. The Kier molecular flexibility index (Phi) is 3.21. The van der Waals surface area contributed by atoms with Gasteiger partial charge in [0.15, 0.2) is 6.10 Å². The standard InChI is InChI=1S/C11H12N4O2/c12-6-8-7-15(4-5-17-8)11(16)9-2-1-3-10(13)14-9/h1-3,8H,4-5,7H2,(H2,13,14). The number of nitrogens with zero attached hydrogens (tertiary/aromatic N) is 3. The van der Waals surface area contributed by atoms with Gasteiger partial charge in [-0.25, -0.2) is 4.98 Å². The van der Waals surface area contributed by atoms with Gasteiger partial charge in [0, 0.05) is 6.54 Å². The second-order valence-electron chi connectivity index (χ2n) is 3.69. The van der Waals surface area contributed by atoms with Gasteiger partial charge < -0.3 is 15.4 Å². The van der Waals surface area contributed by atoms with Gasteiger partial charge in [-0.05, 0) is 12.1 Å². The Bertz CT molecular complexity index is 469. The summed E-state index contributed by atoms with van der Waals surface area (Å²) in [6.45, 7) is 1.10. The molecule has 6 nitrogen and oxygen atoms in total. The number of hydrogen-bond acceptors (Lipinski definition) is 5. The van der Waals surface area contributed by atoms with Gasteiger partial charge in [0.2, 0.25) is 0 Å². The topological polar surface area (TPSA) is 92.2 Å². The summed E-state index contributed by atoms with van der Waals surface area (Å²) in [5.74, 6) is 0.0850. The molecule has 1 fully saturated rings. The first-order valence-corrected chi connectivity index (χ1v) is 5.23. The van der Waals surface area contributed by atoms with Crippen LogP contribution in [0.4, 0.5) is 5.82 Å². The van der Waals surface area contributed by atoms with Crippen molar-refractivity contribution >= 4 is 11.7 Å². The van der Waals surface area contributed by atoms with Crippen LogP contribution in [0.15, 0.2) is 18.2 Å². The number of pyridine rings is 1. The monoisotopic (exact) mass is 232 g/mol. The van der Waals surface area contributed by atoms with Gasteiger partial charge in [0.25, 0.3) is 5.91 Å². The Morgan fingerprint density at radius 2 is 2.47 bits per heavy atom. The summed E-state index contributed by atoms with van der Waals surface area (Å²) in [6, 6.07) is 6.89. The van der Waals surface area contributed by atoms with Crippen LogP contribution in [-0.2, 0) is 4.74 Å². The molecular formula is C11H12N4O2. The largest absolute Gasteiger partial charge is 0.384 e. The quantitative estimate of drug-likeness (QED) is 0.737. The molecule has 0 aliphatic carbocycles. The van der Waals surface area contributed by atoms with E-state index in [9.17, 15) is 4.79 Å². The molecule has 1 aliphatic rings. The van der Waals surface area contributed by atoms with Gasteiger partial charge in [0.05, 0.1) is 19.2 Å². The van der Waals surface area contributed by atoms with E-state index in [1.807, 2.05) is 6.07 Å². The fourth-order valence-corrected chi connectivity index (χ4v) is 1.64. The molecule has 0 aromatic carbocycles. The highest BCUT2D eigenvalue weighted by Crippen LogP contribution is 2.10. The van der Waals surface area contributed by atoms with Crippen molar-refractivity contribution in [3.63, 3.8) is 0 Å². The molecule has 1 unspecified atom stereocenters. The Labute approximate surface area is 98.6 Å². The van der Waals surface area contributed by atoms with Crippen LogP contribution < -0.4 is 5.73 Å². The van der Waals surface area contributed by atoms with Crippen molar-refractivity contribution in [2.75, 3.05) is 25.4 Å². The molecule has 17 heavy (non-hydrogen) atoms. The van der Waals surface area contributed by atoms with Crippen LogP contribution in [0.25, 0.3) is 0 Å². The van der Waals surface area contributed by atoms with Gasteiger partial charge in [-0.2, -0.15) is 5.26 Å². The fourth-order valence-electron chi connectivity index (χ4n) is 1.64. The second-order valence-corrected chi connectivity index (χ2v) is 3.69. The number of carbonyl (C=O) groups excluding carboxylic acids is 1. The summed E-state index contributed by atoms with van der Waals surface area (Å²) in [5.41, 5.74) is 5.82. The van der Waals surface area contributed by atoms with Gasteiger partial charge in [-0.1, -0.05) is 6.07 Å². The molecule has 0 spiro atoms. The van der Waals surface area contributed by atoms with E-state index < -0.39 is 6.10 Å². The van der Waals surface area contributed by atoms with Crippen molar-refractivity contribution in [3.05, 3.63) is 23.9 Å². The van der Waals surface area contributed by atoms with Crippen molar-refractivity contribution in [2.45, 2.75) is 6.10 Å². The zero-order valence-electron chi connectivity index (χ0n) is 9.17. The fraction of sp³-hybridized carbons (Fsp3) is 0.364. The number of nitrogen functional groups attached to an aromatic ring is 1. The molecule has 1 aliphatic heterocycles. The lowest BCUT2D eigenvalue weighted by atomic mass is 10.2. The number of ether oxygens (including phenoxy) is 1. The molecule has 1 saturated heterocycles. The molecule has 6 heteroatoms. The minimum Gasteiger partial charge on any atom is -0.384 e. The summed E-state index contributed by atoms with van der Waals surface area (Å²) in [7, 11) is 0. The summed E-state index contributed by atoms with van der Waals surface area (Å²) < 4.78 is 5.17. The molecule has 2 rings (SSSR count). The van der Waals surface area contributed by atoms with E-state index in [1.165, 1.54) is 0 Å². The predicted molar refractivity (Wildman–Crippen MR) is 59.9 cm³/mol. The molecule has 1 aromatic rings. The van der Waals surface area contributed by atoms with Crippen LogP contribution in [0.1, 0.15) is 10.5 Å². The number of carbonyl (C=O) groups is 1. The lowest BCUT2D eigenvalue weighted by Gasteiger charge is -2.29. The first kappa shape index (κ1) is 11.4. The molecule has 1 amide bonds. The van der Waals surface area contributed by atoms with Gasteiger partial charge >= 0.3 is 0 Å². The molecule has 1 aromatic heterocycles. The van der Waals surface area contributed by atoms with E-state index in [2.05, 4.69) is 4.98 Å². The van der Waals surface area contributed by atoms with E-state index in [0.717, 1.165) is 0 Å². The Hall–Kier alpha value is -2.13. The number of morpholine rings is 1. The zero-order chi connectivity index (χ0) is 12.3. The maximum atomic E-state index is 12.1. The van der Waals surface area contributed by atoms with Crippen LogP contribution >= 0.6 is 0 Å². The summed E-state index contributed by atoms with van der Waals surface area (Å²) in [4.78, 5) is 17.6. The number of nitrogens with two attached hydrogens (primary N) is 1. The van der Waals surface area contributed by atoms with Crippen LogP contribution in [0.2, 0.25) is 0 Å². The highest BCUT2D eigenvalue weighted by molar-refractivity contribution is 5.92. The number of nitriles is 1. The van der Waals surface area contributed by atoms with Crippen molar-refractivity contribution in [1.29, 1.82) is 5.26 Å². The maximum Gasteiger partial charge on any atom is 0.272 e. The van der Waals surface area contributed by atoms with Gasteiger partial charge in [-0.3, -0.25) is 4.79 Å². The molecule has 2 N–H and O–H groups in total. The third kappa shape index (κ3) is 2.52. The lowest BCUT2D eigenvalue weighted by Crippen LogP contribution is -2.45. The normalized spacial score (nSPS) is 19.7. The third-order valence-electron chi connectivity index (χ3n) is 2.49. The van der Waals surface area contributed by atoms with E-state index >= 15 is 0 Å². The van der Waals surface area contributed by atoms with Gasteiger partial charge in [-0.15, -0.1) is 0 Å². The summed E-state index contributed by atoms with van der Waals surface area (Å²) in [6.07, 6.45) is -0.561. The number of amides is 1. The summed E-state index contributed by atoms with van der Waals surface area (Å²) in [5, 5.41) is 8.76. The van der Waals surface area contributed by atoms with Crippen molar-refractivity contribution in [2.24, 2.45) is 0 Å². The first-order chi connectivity index (χ1) is 8.20. The molecule has 2 heterocycles. The molecule has 88 valence electrons. The second kappa shape index (κ2) is 4.80. The first-order valence-electron chi connectivity index (χ1n) is 5.23. The number of rotatable bonds is 1. The number of anilines is 1. The lowest BCUT2D eigenvalue weighted by molar-refractivity contribution is 0.00321. The third-order valence-corrected chi connectivity index (χ3v) is 2.49. The van der Waals surface area contributed by atoms with Crippen LogP contribution in [0.5, 0.6) is 0 Å². The van der Waals surface area contributed by atoms with E-state index in [4.69, 9.17) is 15.7 Å².